The topological polar surface area (TPSA) is 114 Å². The average Bonchev–Trinajstić information content (AvgIpc) is 3.48. The molecule has 42 heavy (non-hydrogen) atoms. The summed E-state index contributed by atoms with van der Waals surface area (Å²) in [5.41, 5.74) is 2.23. The number of hydrogen-bond acceptors (Lipinski definition) is 6. The lowest BCUT2D eigenvalue weighted by molar-refractivity contribution is -0.115. The van der Waals surface area contributed by atoms with Crippen molar-refractivity contribution in [2.24, 2.45) is 0 Å². The SMILES string of the molecule is O=C(O)c1cccc2cccc(C(=O)Nc3cccc(SC(C(=O)Nc4ccc5c(c4)OCO5)c4ccccc4)c3)c12. The van der Waals surface area contributed by atoms with Crippen LogP contribution in [-0.2, 0) is 4.79 Å². The van der Waals surface area contributed by atoms with E-state index in [-0.39, 0.29) is 23.8 Å². The number of rotatable bonds is 8. The molecule has 9 heteroatoms. The van der Waals surface area contributed by atoms with E-state index in [2.05, 4.69) is 10.6 Å². The second kappa shape index (κ2) is 11.7. The third-order valence-corrected chi connectivity index (χ3v) is 7.95. The number of nitrogens with one attached hydrogen (secondary N) is 2. The molecule has 5 aromatic carbocycles. The summed E-state index contributed by atoms with van der Waals surface area (Å²) in [5, 5.41) is 16.0. The fraction of sp³-hybridized carbons (Fsp3) is 0.0606. The fourth-order valence-corrected chi connectivity index (χ4v) is 5.86. The molecule has 8 nitrogen and oxygen atoms in total. The highest BCUT2D eigenvalue weighted by Gasteiger charge is 2.24. The zero-order valence-corrected chi connectivity index (χ0v) is 22.9. The van der Waals surface area contributed by atoms with E-state index in [1.807, 2.05) is 36.4 Å². The first-order chi connectivity index (χ1) is 20.5. The number of amides is 2. The van der Waals surface area contributed by atoms with E-state index in [9.17, 15) is 19.5 Å². The van der Waals surface area contributed by atoms with Crippen molar-refractivity contribution in [1.82, 2.24) is 0 Å². The van der Waals surface area contributed by atoms with Crippen molar-refractivity contribution in [2.75, 3.05) is 17.4 Å². The van der Waals surface area contributed by atoms with E-state index < -0.39 is 17.1 Å². The molecule has 0 aromatic heterocycles. The summed E-state index contributed by atoms with van der Waals surface area (Å²) >= 11 is 1.34. The lowest BCUT2D eigenvalue weighted by atomic mass is 9.98. The van der Waals surface area contributed by atoms with Gasteiger partial charge in [0.15, 0.2) is 11.5 Å². The third kappa shape index (κ3) is 5.63. The van der Waals surface area contributed by atoms with Crippen LogP contribution in [0, 0.1) is 0 Å². The molecule has 3 N–H and O–H groups in total. The first-order valence-corrected chi connectivity index (χ1v) is 13.9. The van der Waals surface area contributed by atoms with Gasteiger partial charge in [-0.3, -0.25) is 9.59 Å². The number of fused-ring (bicyclic) bond motifs is 2. The maximum atomic E-state index is 13.6. The predicted molar refractivity (Wildman–Crippen MR) is 162 cm³/mol. The first kappa shape index (κ1) is 26.9. The Morgan fingerprint density at radius 1 is 0.714 bits per heavy atom. The van der Waals surface area contributed by atoms with Crippen LogP contribution >= 0.6 is 11.8 Å². The molecule has 2 amide bonds. The first-order valence-electron chi connectivity index (χ1n) is 13.0. The molecule has 0 aliphatic carbocycles. The summed E-state index contributed by atoms with van der Waals surface area (Å²) in [4.78, 5) is 39.5. The number of carbonyl (C=O) groups excluding carboxylic acids is 2. The third-order valence-electron chi connectivity index (χ3n) is 6.71. The summed E-state index contributed by atoms with van der Waals surface area (Å²) in [5.74, 6) is -0.566. The van der Waals surface area contributed by atoms with Crippen molar-refractivity contribution >= 4 is 51.7 Å². The van der Waals surface area contributed by atoms with Crippen molar-refractivity contribution in [3.63, 3.8) is 0 Å². The molecular formula is C33H24N2O6S. The highest BCUT2D eigenvalue weighted by molar-refractivity contribution is 8.00. The normalized spacial score (nSPS) is 12.5. The number of hydrogen-bond donors (Lipinski definition) is 3. The Bertz CT molecular complexity index is 1820. The molecule has 0 saturated heterocycles. The highest BCUT2D eigenvalue weighted by atomic mass is 32.2. The number of carbonyl (C=O) groups is 3. The van der Waals surface area contributed by atoms with E-state index in [4.69, 9.17) is 9.47 Å². The zero-order valence-electron chi connectivity index (χ0n) is 22.1. The summed E-state index contributed by atoms with van der Waals surface area (Å²) < 4.78 is 10.8. The standard InChI is InChI=1S/C33H24N2O6S/c36-31(25-13-4-9-20-10-5-14-26(29(20)25)33(38)39)34-22-11-6-12-24(17-22)42-30(21-7-2-1-3-8-21)32(37)35-23-15-16-27-28(18-23)41-19-40-27/h1-18,30H,19H2,(H,34,36)(H,35,37)(H,38,39). The fourth-order valence-electron chi connectivity index (χ4n) is 4.77. The number of benzene rings is 5. The number of carboxylic acids is 1. The van der Waals surface area contributed by atoms with E-state index in [1.165, 1.54) is 17.8 Å². The minimum Gasteiger partial charge on any atom is -0.478 e. The lowest BCUT2D eigenvalue weighted by Crippen LogP contribution is -2.19. The molecule has 1 aliphatic heterocycles. The molecule has 0 saturated carbocycles. The van der Waals surface area contributed by atoms with Crippen molar-refractivity contribution in [1.29, 1.82) is 0 Å². The number of thioether (sulfide) groups is 1. The molecule has 0 spiro atoms. The Hall–Kier alpha value is -5.28. The van der Waals surface area contributed by atoms with Crippen LogP contribution in [0.1, 0.15) is 31.5 Å². The van der Waals surface area contributed by atoms with E-state index in [0.717, 1.165) is 10.5 Å². The Balaban J connectivity index is 1.25. The van der Waals surface area contributed by atoms with Gasteiger partial charge in [-0.15, -0.1) is 11.8 Å². The number of anilines is 2. The molecule has 0 radical (unpaired) electrons. The molecule has 1 unspecified atom stereocenters. The highest BCUT2D eigenvalue weighted by Crippen LogP contribution is 2.39. The van der Waals surface area contributed by atoms with Gasteiger partial charge in [0.1, 0.15) is 5.25 Å². The second-order valence-corrected chi connectivity index (χ2v) is 10.6. The van der Waals surface area contributed by atoms with Gasteiger partial charge in [-0.25, -0.2) is 4.79 Å². The van der Waals surface area contributed by atoms with Gasteiger partial charge in [0.25, 0.3) is 5.91 Å². The largest absolute Gasteiger partial charge is 0.478 e. The van der Waals surface area contributed by atoms with Crippen LogP contribution in [0.4, 0.5) is 11.4 Å². The predicted octanol–water partition coefficient (Wildman–Crippen LogP) is 6.99. The second-order valence-electron chi connectivity index (χ2n) is 9.46. The van der Waals surface area contributed by atoms with Crippen LogP contribution in [0.2, 0.25) is 0 Å². The van der Waals surface area contributed by atoms with Crippen LogP contribution in [0.15, 0.2) is 114 Å². The number of carboxylic acid groups (broad SMARTS) is 1. The Kier molecular flexibility index (Phi) is 7.49. The van der Waals surface area contributed by atoms with E-state index in [0.29, 0.717) is 33.6 Å². The van der Waals surface area contributed by atoms with Gasteiger partial charge in [0, 0.05) is 33.3 Å². The van der Waals surface area contributed by atoms with Crippen molar-refractivity contribution in [3.05, 3.63) is 126 Å². The van der Waals surface area contributed by atoms with Crippen LogP contribution in [0.3, 0.4) is 0 Å². The molecule has 1 aliphatic rings. The van der Waals surface area contributed by atoms with Gasteiger partial charge in [-0.1, -0.05) is 60.7 Å². The molecule has 5 aromatic rings. The van der Waals surface area contributed by atoms with Crippen molar-refractivity contribution < 1.29 is 29.0 Å². The van der Waals surface area contributed by atoms with Crippen LogP contribution in [0.25, 0.3) is 10.8 Å². The van der Waals surface area contributed by atoms with Crippen molar-refractivity contribution in [3.8, 4) is 11.5 Å². The van der Waals surface area contributed by atoms with Gasteiger partial charge < -0.3 is 25.2 Å². The quantitative estimate of drug-likeness (QED) is 0.171. The maximum absolute atomic E-state index is 13.6. The molecule has 6 rings (SSSR count). The van der Waals surface area contributed by atoms with Gasteiger partial charge in [-0.05, 0) is 53.4 Å². The number of aromatic carboxylic acids is 1. The molecular weight excluding hydrogens is 552 g/mol. The lowest BCUT2D eigenvalue weighted by Gasteiger charge is -2.18. The molecule has 0 bridgehead atoms. The van der Waals surface area contributed by atoms with Crippen LogP contribution < -0.4 is 20.1 Å². The Morgan fingerprint density at radius 2 is 1.43 bits per heavy atom. The zero-order chi connectivity index (χ0) is 29.1. The molecule has 0 fully saturated rings. The van der Waals surface area contributed by atoms with Crippen LogP contribution in [-0.4, -0.2) is 29.7 Å². The van der Waals surface area contributed by atoms with Crippen LogP contribution in [0.5, 0.6) is 11.5 Å². The van der Waals surface area contributed by atoms with Gasteiger partial charge in [0.2, 0.25) is 12.7 Å². The number of ether oxygens (including phenoxy) is 2. The minimum atomic E-state index is -1.11. The average molecular weight is 577 g/mol. The van der Waals surface area contributed by atoms with Gasteiger partial charge in [-0.2, -0.15) is 0 Å². The Morgan fingerprint density at radius 3 is 2.21 bits per heavy atom. The van der Waals surface area contributed by atoms with E-state index in [1.54, 1.807) is 66.7 Å². The summed E-state index contributed by atoms with van der Waals surface area (Å²) in [6.07, 6.45) is 0. The smallest absolute Gasteiger partial charge is 0.336 e. The molecule has 208 valence electrons. The minimum absolute atomic E-state index is 0.0572. The summed E-state index contributed by atoms with van der Waals surface area (Å²) in [7, 11) is 0. The van der Waals surface area contributed by atoms with Gasteiger partial charge >= 0.3 is 5.97 Å². The summed E-state index contributed by atoms with van der Waals surface area (Å²) in [6.45, 7) is 0.142. The summed E-state index contributed by atoms with van der Waals surface area (Å²) in [6, 6.07) is 31.9. The maximum Gasteiger partial charge on any atom is 0.336 e. The Labute approximate surface area is 245 Å². The van der Waals surface area contributed by atoms with E-state index >= 15 is 0 Å². The molecule has 1 heterocycles. The molecule has 1 atom stereocenters. The monoisotopic (exact) mass is 576 g/mol. The van der Waals surface area contributed by atoms with Gasteiger partial charge in [0.05, 0.1) is 5.56 Å². The van der Waals surface area contributed by atoms with Crippen molar-refractivity contribution in [2.45, 2.75) is 10.1 Å².